The lowest BCUT2D eigenvalue weighted by atomic mass is 9.98. The van der Waals surface area contributed by atoms with Crippen LogP contribution in [0.2, 0.25) is 0 Å². The standard InChI is InChI=1S/C20H22BrF3N2O3S/c1-2-10-26-11-9-15(13-26)14-3-5-16(6-4-14)25-30(27,28)17-7-8-19(18(21)12-17)29-20(22,23)24/h3-8,12,15,25H,2,9-11,13H2,1H3/t15-/m1/s1. The average Bonchev–Trinajstić information content (AvgIpc) is 3.11. The van der Waals surface area contributed by atoms with Crippen LogP contribution in [0.4, 0.5) is 18.9 Å². The molecule has 2 aromatic rings. The Balaban J connectivity index is 1.69. The second kappa shape index (κ2) is 9.15. The van der Waals surface area contributed by atoms with E-state index in [9.17, 15) is 21.6 Å². The fraction of sp³-hybridized carbons (Fsp3) is 0.400. The summed E-state index contributed by atoms with van der Waals surface area (Å²) in [4.78, 5) is 2.24. The molecule has 0 aromatic heterocycles. The van der Waals surface area contributed by atoms with Crippen LogP contribution in [0, 0.1) is 0 Å². The van der Waals surface area contributed by atoms with Crippen LogP contribution in [-0.2, 0) is 10.0 Å². The van der Waals surface area contributed by atoms with Crippen molar-refractivity contribution < 1.29 is 26.3 Å². The van der Waals surface area contributed by atoms with Crippen molar-refractivity contribution in [3.8, 4) is 5.75 Å². The number of anilines is 1. The van der Waals surface area contributed by atoms with Crippen molar-refractivity contribution in [3.63, 3.8) is 0 Å². The summed E-state index contributed by atoms with van der Waals surface area (Å²) in [6.07, 6.45) is -2.67. The molecule has 0 radical (unpaired) electrons. The second-order valence-corrected chi connectivity index (χ2v) is 9.69. The van der Waals surface area contributed by atoms with Gasteiger partial charge in [-0.2, -0.15) is 0 Å². The van der Waals surface area contributed by atoms with Crippen molar-refractivity contribution >= 4 is 31.6 Å². The molecule has 1 N–H and O–H groups in total. The Labute approximate surface area is 182 Å². The van der Waals surface area contributed by atoms with Crippen molar-refractivity contribution in [2.24, 2.45) is 0 Å². The average molecular weight is 507 g/mol. The molecule has 10 heteroatoms. The van der Waals surface area contributed by atoms with Gasteiger partial charge >= 0.3 is 6.36 Å². The van der Waals surface area contributed by atoms with Crippen LogP contribution in [0.1, 0.15) is 31.2 Å². The smallest absolute Gasteiger partial charge is 0.405 e. The van der Waals surface area contributed by atoms with Gasteiger partial charge in [0, 0.05) is 12.2 Å². The highest BCUT2D eigenvalue weighted by Gasteiger charge is 2.32. The Morgan fingerprint density at radius 2 is 1.90 bits per heavy atom. The zero-order valence-corrected chi connectivity index (χ0v) is 18.6. The highest BCUT2D eigenvalue weighted by atomic mass is 79.9. The number of alkyl halides is 3. The number of hydrogen-bond donors (Lipinski definition) is 1. The molecule has 0 aliphatic carbocycles. The zero-order valence-electron chi connectivity index (χ0n) is 16.2. The van der Waals surface area contributed by atoms with Gasteiger partial charge in [0.15, 0.2) is 0 Å². The van der Waals surface area contributed by atoms with Crippen LogP contribution in [0.5, 0.6) is 5.75 Å². The topological polar surface area (TPSA) is 58.6 Å². The van der Waals surface area contributed by atoms with Gasteiger partial charge in [-0.3, -0.25) is 4.72 Å². The number of nitrogens with zero attached hydrogens (tertiary/aromatic N) is 1. The van der Waals surface area contributed by atoms with Crippen molar-refractivity contribution in [1.82, 2.24) is 4.90 Å². The van der Waals surface area contributed by atoms with Gasteiger partial charge in [-0.1, -0.05) is 19.1 Å². The van der Waals surface area contributed by atoms with Crippen LogP contribution >= 0.6 is 15.9 Å². The van der Waals surface area contributed by atoms with E-state index in [0.29, 0.717) is 11.6 Å². The monoisotopic (exact) mass is 506 g/mol. The first-order valence-corrected chi connectivity index (χ1v) is 11.8. The lowest BCUT2D eigenvalue weighted by Gasteiger charge is -2.15. The maximum absolute atomic E-state index is 12.6. The predicted molar refractivity (Wildman–Crippen MR) is 112 cm³/mol. The summed E-state index contributed by atoms with van der Waals surface area (Å²) in [5.74, 6) is -0.0844. The SMILES string of the molecule is CCCN1CC[C@@H](c2ccc(NS(=O)(=O)c3ccc(OC(F)(F)F)c(Br)c3)cc2)C1. The maximum atomic E-state index is 12.6. The Bertz CT molecular complexity index is 982. The van der Waals surface area contributed by atoms with E-state index in [-0.39, 0.29) is 9.37 Å². The van der Waals surface area contributed by atoms with Crippen molar-refractivity contribution in [3.05, 3.63) is 52.5 Å². The minimum absolute atomic E-state index is 0.115. The summed E-state index contributed by atoms with van der Waals surface area (Å²) in [5, 5.41) is 0. The largest absolute Gasteiger partial charge is 0.573 e. The molecule has 0 unspecified atom stereocenters. The third-order valence-corrected chi connectivity index (χ3v) is 6.88. The van der Waals surface area contributed by atoms with Gasteiger partial charge in [0.25, 0.3) is 10.0 Å². The summed E-state index contributed by atoms with van der Waals surface area (Å²) >= 11 is 2.92. The van der Waals surface area contributed by atoms with E-state index in [1.807, 2.05) is 12.1 Å². The summed E-state index contributed by atoms with van der Waals surface area (Å²) < 4.78 is 68.5. The number of likely N-dealkylation sites (tertiary alicyclic amines) is 1. The van der Waals surface area contributed by atoms with Gasteiger partial charge < -0.3 is 9.64 Å². The quantitative estimate of drug-likeness (QED) is 0.549. The van der Waals surface area contributed by atoms with Crippen LogP contribution in [0.15, 0.2) is 51.8 Å². The Kier molecular flexibility index (Phi) is 6.98. The highest BCUT2D eigenvalue weighted by molar-refractivity contribution is 9.10. The molecular weight excluding hydrogens is 485 g/mol. The maximum Gasteiger partial charge on any atom is 0.573 e. The molecule has 164 valence electrons. The molecule has 1 fully saturated rings. The molecule has 3 rings (SSSR count). The molecular formula is C20H22BrF3N2O3S. The van der Waals surface area contributed by atoms with Crippen molar-refractivity contribution in [2.75, 3.05) is 24.4 Å². The van der Waals surface area contributed by atoms with Gasteiger partial charge in [0.1, 0.15) is 5.75 Å². The van der Waals surface area contributed by atoms with Crippen LogP contribution in [0.3, 0.4) is 0 Å². The summed E-state index contributed by atoms with van der Waals surface area (Å²) in [6, 6.07) is 10.3. The first-order valence-electron chi connectivity index (χ1n) is 9.48. The van der Waals surface area contributed by atoms with E-state index < -0.39 is 22.1 Å². The predicted octanol–water partition coefficient (Wildman–Crippen LogP) is 5.35. The fourth-order valence-electron chi connectivity index (χ4n) is 3.52. The first-order chi connectivity index (χ1) is 14.1. The third-order valence-electron chi connectivity index (χ3n) is 4.89. The second-order valence-electron chi connectivity index (χ2n) is 7.15. The summed E-state index contributed by atoms with van der Waals surface area (Å²) in [5.41, 5.74) is 1.54. The number of sulfonamides is 1. The summed E-state index contributed by atoms with van der Waals surface area (Å²) in [7, 11) is -3.97. The van der Waals surface area contributed by atoms with Crippen LogP contribution < -0.4 is 9.46 Å². The van der Waals surface area contributed by atoms with E-state index in [4.69, 9.17) is 0 Å². The van der Waals surface area contributed by atoms with Crippen molar-refractivity contribution in [1.29, 1.82) is 0 Å². The van der Waals surface area contributed by atoms with Gasteiger partial charge in [0.05, 0.1) is 9.37 Å². The van der Waals surface area contributed by atoms with Crippen molar-refractivity contribution in [2.45, 2.75) is 36.9 Å². The van der Waals surface area contributed by atoms with Gasteiger partial charge in [-0.25, -0.2) is 8.42 Å². The van der Waals surface area contributed by atoms with E-state index >= 15 is 0 Å². The number of halogens is 4. The Morgan fingerprint density at radius 3 is 2.50 bits per heavy atom. The number of ether oxygens (including phenoxy) is 1. The number of nitrogens with one attached hydrogen (secondary N) is 1. The first kappa shape index (κ1) is 22.9. The third kappa shape index (κ3) is 5.89. The minimum atomic E-state index is -4.87. The number of benzene rings is 2. The fourth-order valence-corrected chi connectivity index (χ4v) is 5.21. The summed E-state index contributed by atoms with van der Waals surface area (Å²) in [6.45, 7) is 5.30. The Morgan fingerprint density at radius 1 is 1.20 bits per heavy atom. The lowest BCUT2D eigenvalue weighted by Crippen LogP contribution is -2.20. The van der Waals surface area contributed by atoms with Crippen LogP contribution in [0.25, 0.3) is 0 Å². The number of hydrogen-bond acceptors (Lipinski definition) is 4. The number of rotatable bonds is 7. The molecule has 2 aromatic carbocycles. The zero-order chi connectivity index (χ0) is 21.9. The normalized spacial score (nSPS) is 17.8. The molecule has 1 atom stereocenters. The molecule has 0 bridgehead atoms. The van der Waals surface area contributed by atoms with Crippen LogP contribution in [-0.4, -0.2) is 39.3 Å². The minimum Gasteiger partial charge on any atom is -0.405 e. The molecule has 0 amide bonds. The van der Waals surface area contributed by atoms with Gasteiger partial charge in [-0.05, 0) is 83.7 Å². The lowest BCUT2D eigenvalue weighted by molar-refractivity contribution is -0.274. The molecule has 1 saturated heterocycles. The van der Waals surface area contributed by atoms with Gasteiger partial charge in [0.2, 0.25) is 0 Å². The molecule has 5 nitrogen and oxygen atoms in total. The van der Waals surface area contributed by atoms with E-state index in [0.717, 1.165) is 56.2 Å². The van der Waals surface area contributed by atoms with E-state index in [2.05, 4.69) is 37.2 Å². The molecule has 30 heavy (non-hydrogen) atoms. The molecule has 0 spiro atoms. The highest BCUT2D eigenvalue weighted by Crippen LogP contribution is 2.33. The van der Waals surface area contributed by atoms with E-state index in [1.165, 1.54) is 0 Å². The Hall–Kier alpha value is -1.78. The molecule has 1 heterocycles. The van der Waals surface area contributed by atoms with E-state index in [1.54, 1.807) is 12.1 Å². The molecule has 1 aliphatic rings. The molecule has 1 aliphatic heterocycles. The van der Waals surface area contributed by atoms with Gasteiger partial charge in [-0.15, -0.1) is 13.2 Å². The molecule has 0 saturated carbocycles.